The third kappa shape index (κ3) is 3.66. The highest BCUT2D eigenvalue weighted by Gasteiger charge is 2.16. The Kier molecular flexibility index (Phi) is 4.72. The number of nitro benzene ring substituents is 1. The third-order valence-electron chi connectivity index (χ3n) is 2.49. The summed E-state index contributed by atoms with van der Waals surface area (Å²) in [6, 6.07) is 8.64. The molecule has 0 unspecified atom stereocenters. The number of aromatic carboxylic acids is 1. The molecule has 2 rings (SSSR count). The minimum atomic E-state index is -1.04. The lowest BCUT2D eigenvalue weighted by Crippen LogP contribution is -1.95. The molecule has 0 bridgehead atoms. The Morgan fingerprint density at radius 3 is 2.33 bits per heavy atom. The van der Waals surface area contributed by atoms with Gasteiger partial charge in [-0.2, -0.15) is 0 Å². The van der Waals surface area contributed by atoms with Crippen molar-refractivity contribution in [1.82, 2.24) is 0 Å². The number of hydrogen-bond acceptors (Lipinski definition) is 4. The normalized spacial score (nSPS) is 10.4. The molecule has 2 aromatic rings. The average Bonchev–Trinajstić information content (AvgIpc) is 2.42. The molecule has 0 spiro atoms. The Balaban J connectivity index is 2.38. The second kappa shape index (κ2) is 6.34. The molecular weight excluding hydrogens is 337 g/mol. The van der Waals surface area contributed by atoms with Crippen LogP contribution in [-0.4, -0.2) is 16.0 Å². The molecule has 2 aromatic carbocycles. The molecule has 0 saturated heterocycles. The quantitative estimate of drug-likeness (QED) is 0.639. The SMILES string of the molecule is O=C(O)c1cccc(Sc2c(Cl)cc([N+](=O)[O-])cc2Cl)c1. The molecule has 0 aromatic heterocycles. The monoisotopic (exact) mass is 343 g/mol. The highest BCUT2D eigenvalue weighted by atomic mass is 35.5. The van der Waals surface area contributed by atoms with Crippen molar-refractivity contribution in [3.8, 4) is 0 Å². The number of carbonyl (C=O) groups is 1. The Labute approximate surface area is 133 Å². The fraction of sp³-hybridized carbons (Fsp3) is 0. The van der Waals surface area contributed by atoms with Crippen molar-refractivity contribution >= 4 is 46.6 Å². The van der Waals surface area contributed by atoms with Gasteiger partial charge in [0.25, 0.3) is 5.69 Å². The van der Waals surface area contributed by atoms with Crippen molar-refractivity contribution in [1.29, 1.82) is 0 Å². The van der Waals surface area contributed by atoms with Crippen LogP contribution in [0.2, 0.25) is 10.0 Å². The Bertz CT molecular complexity index is 713. The molecule has 1 N–H and O–H groups in total. The summed E-state index contributed by atoms with van der Waals surface area (Å²) >= 11 is 13.2. The summed E-state index contributed by atoms with van der Waals surface area (Å²) in [5.74, 6) is -1.04. The molecule has 0 saturated carbocycles. The van der Waals surface area contributed by atoms with Crippen molar-refractivity contribution in [2.24, 2.45) is 0 Å². The van der Waals surface area contributed by atoms with Crippen LogP contribution in [0.5, 0.6) is 0 Å². The zero-order valence-electron chi connectivity index (χ0n) is 10.2. The topological polar surface area (TPSA) is 80.4 Å². The summed E-state index contributed by atoms with van der Waals surface area (Å²) in [4.78, 5) is 22.1. The molecule has 21 heavy (non-hydrogen) atoms. The number of carboxylic acid groups (broad SMARTS) is 1. The predicted molar refractivity (Wildman–Crippen MR) is 80.6 cm³/mol. The maximum Gasteiger partial charge on any atom is 0.335 e. The maximum absolute atomic E-state index is 10.9. The van der Waals surface area contributed by atoms with Gasteiger partial charge in [0.1, 0.15) is 0 Å². The van der Waals surface area contributed by atoms with Crippen LogP contribution in [0.15, 0.2) is 46.2 Å². The smallest absolute Gasteiger partial charge is 0.335 e. The van der Waals surface area contributed by atoms with Crippen molar-refractivity contribution in [3.63, 3.8) is 0 Å². The lowest BCUT2D eigenvalue weighted by Gasteiger charge is -2.07. The van der Waals surface area contributed by atoms with Gasteiger partial charge in [-0.15, -0.1) is 0 Å². The lowest BCUT2D eigenvalue weighted by molar-refractivity contribution is -0.384. The van der Waals surface area contributed by atoms with Crippen LogP contribution in [0.1, 0.15) is 10.4 Å². The van der Waals surface area contributed by atoms with E-state index in [-0.39, 0.29) is 21.3 Å². The predicted octanol–water partition coefficient (Wildman–Crippen LogP) is 4.75. The highest BCUT2D eigenvalue weighted by molar-refractivity contribution is 7.99. The number of rotatable bonds is 4. The van der Waals surface area contributed by atoms with E-state index in [2.05, 4.69) is 0 Å². The Morgan fingerprint density at radius 1 is 1.19 bits per heavy atom. The minimum absolute atomic E-state index is 0.133. The van der Waals surface area contributed by atoms with Gasteiger partial charge in [-0.25, -0.2) is 4.79 Å². The summed E-state index contributed by atoms with van der Waals surface area (Å²) in [5.41, 5.74) is -0.0669. The van der Waals surface area contributed by atoms with Crippen LogP contribution >= 0.6 is 35.0 Å². The Hall–Kier alpha value is -1.76. The van der Waals surface area contributed by atoms with Crippen LogP contribution in [0.3, 0.4) is 0 Å². The van der Waals surface area contributed by atoms with E-state index < -0.39 is 10.9 Å². The first-order valence-corrected chi connectivity index (χ1v) is 7.10. The number of nitro groups is 1. The number of hydrogen-bond donors (Lipinski definition) is 1. The fourth-order valence-corrected chi connectivity index (χ4v) is 3.15. The molecule has 0 fully saturated rings. The van der Waals surface area contributed by atoms with Crippen molar-refractivity contribution in [2.45, 2.75) is 9.79 Å². The lowest BCUT2D eigenvalue weighted by atomic mass is 10.2. The highest BCUT2D eigenvalue weighted by Crippen LogP contribution is 2.41. The molecule has 5 nitrogen and oxygen atoms in total. The van der Waals surface area contributed by atoms with E-state index in [1.54, 1.807) is 12.1 Å². The van der Waals surface area contributed by atoms with E-state index in [9.17, 15) is 14.9 Å². The maximum atomic E-state index is 10.9. The van der Waals surface area contributed by atoms with Crippen molar-refractivity contribution < 1.29 is 14.8 Å². The van der Waals surface area contributed by atoms with Crippen molar-refractivity contribution in [2.75, 3.05) is 0 Å². The first-order valence-electron chi connectivity index (χ1n) is 5.53. The van der Waals surface area contributed by atoms with Crippen molar-refractivity contribution in [3.05, 3.63) is 62.1 Å². The van der Waals surface area contributed by atoms with Gasteiger partial charge in [0.05, 0.1) is 20.5 Å². The number of nitrogens with zero attached hydrogens (tertiary/aromatic N) is 1. The number of benzene rings is 2. The van der Waals surface area contributed by atoms with Crippen LogP contribution in [0.4, 0.5) is 5.69 Å². The molecule has 0 aliphatic carbocycles. The molecular formula is C13H7Cl2NO4S. The fourth-order valence-electron chi connectivity index (χ4n) is 1.56. The second-order valence-corrected chi connectivity index (χ2v) is 5.83. The van der Waals surface area contributed by atoms with Crippen LogP contribution < -0.4 is 0 Å². The molecule has 0 heterocycles. The standard InChI is InChI=1S/C13H7Cl2NO4S/c14-10-5-8(16(19)20)6-11(15)12(10)21-9-3-1-2-7(4-9)13(17)18/h1-6H,(H,17,18). The second-order valence-electron chi connectivity index (χ2n) is 3.93. The molecule has 0 aliphatic rings. The number of non-ortho nitro benzene ring substituents is 1. The summed E-state index contributed by atoms with van der Waals surface area (Å²) in [6.45, 7) is 0. The largest absolute Gasteiger partial charge is 0.478 e. The van der Waals surface area contributed by atoms with E-state index in [1.807, 2.05) is 0 Å². The van der Waals surface area contributed by atoms with E-state index in [4.69, 9.17) is 28.3 Å². The van der Waals surface area contributed by atoms with Gasteiger partial charge < -0.3 is 5.11 Å². The third-order valence-corrected chi connectivity index (χ3v) is 4.45. The zero-order chi connectivity index (χ0) is 15.6. The minimum Gasteiger partial charge on any atom is -0.478 e. The summed E-state index contributed by atoms with van der Waals surface area (Å²) in [7, 11) is 0. The molecule has 0 atom stereocenters. The van der Waals surface area contributed by atoms with Crippen LogP contribution in [0, 0.1) is 10.1 Å². The van der Waals surface area contributed by atoms with E-state index >= 15 is 0 Å². The number of halogens is 2. The van der Waals surface area contributed by atoms with Gasteiger partial charge in [-0.05, 0) is 18.2 Å². The first kappa shape index (κ1) is 15.6. The summed E-state index contributed by atoms with van der Waals surface area (Å²) in [5, 5.41) is 19.9. The average molecular weight is 344 g/mol. The molecule has 0 aliphatic heterocycles. The van der Waals surface area contributed by atoms with Crippen LogP contribution in [-0.2, 0) is 0 Å². The Morgan fingerprint density at radius 2 is 1.81 bits per heavy atom. The molecule has 0 radical (unpaired) electrons. The zero-order valence-corrected chi connectivity index (χ0v) is 12.6. The molecule has 0 amide bonds. The van der Waals surface area contributed by atoms with Gasteiger partial charge in [-0.1, -0.05) is 41.0 Å². The van der Waals surface area contributed by atoms with E-state index in [0.717, 1.165) is 11.8 Å². The summed E-state index contributed by atoms with van der Waals surface area (Å²) in [6.07, 6.45) is 0. The van der Waals surface area contributed by atoms with Gasteiger partial charge in [0, 0.05) is 21.9 Å². The number of carboxylic acids is 1. The summed E-state index contributed by atoms with van der Waals surface area (Å²) < 4.78 is 0. The first-order chi connectivity index (χ1) is 9.88. The van der Waals surface area contributed by atoms with E-state index in [1.165, 1.54) is 24.3 Å². The van der Waals surface area contributed by atoms with Gasteiger partial charge >= 0.3 is 5.97 Å². The van der Waals surface area contributed by atoms with Gasteiger partial charge in [0.15, 0.2) is 0 Å². The van der Waals surface area contributed by atoms with Crippen LogP contribution in [0.25, 0.3) is 0 Å². The van der Waals surface area contributed by atoms with Gasteiger partial charge in [-0.3, -0.25) is 10.1 Å². The molecule has 108 valence electrons. The van der Waals surface area contributed by atoms with Gasteiger partial charge in [0.2, 0.25) is 0 Å². The molecule has 8 heteroatoms. The van der Waals surface area contributed by atoms with E-state index in [0.29, 0.717) is 9.79 Å².